The van der Waals surface area contributed by atoms with E-state index in [4.69, 9.17) is 33.5 Å². The molecule has 5 atom stereocenters. The molecule has 0 bridgehead atoms. The number of hydrogen-bond acceptors (Lipinski definition) is 12. The van der Waals surface area contributed by atoms with Crippen LogP contribution in [0.15, 0.2) is 41.8 Å². The topological polar surface area (TPSA) is 170 Å². The van der Waals surface area contributed by atoms with Gasteiger partial charge in [0.05, 0.1) is 33.3 Å². The minimum atomic E-state index is -3.24. The number of rotatable bonds is 9. The lowest BCUT2D eigenvalue weighted by molar-refractivity contribution is -0.148. The third-order valence-corrected chi connectivity index (χ3v) is 11.7. The smallest absolute Gasteiger partial charge is 0.408 e. The average molecular weight is 796 g/mol. The van der Waals surface area contributed by atoms with Gasteiger partial charge in [-0.3, -0.25) is 9.59 Å². The van der Waals surface area contributed by atoms with Gasteiger partial charge < -0.3 is 39.8 Å². The Morgan fingerprint density at radius 3 is 2.66 bits per heavy atom. The molecule has 14 nitrogen and oxygen atoms in total. The van der Waals surface area contributed by atoms with Crippen molar-refractivity contribution in [3.8, 4) is 22.9 Å². The van der Waals surface area contributed by atoms with E-state index in [0.717, 1.165) is 56.3 Å². The highest BCUT2D eigenvalue weighted by Gasteiger charge is 2.62. The molecule has 1 saturated heterocycles. The van der Waals surface area contributed by atoms with Crippen LogP contribution < -0.4 is 25.4 Å². The van der Waals surface area contributed by atoms with Crippen LogP contribution in [0.4, 0.5) is 9.93 Å². The second kappa shape index (κ2) is 17.1. The van der Waals surface area contributed by atoms with Crippen molar-refractivity contribution < 1.29 is 47.7 Å². The Balaban J connectivity index is 1.21. The number of anilines is 1. The number of amides is 3. The van der Waals surface area contributed by atoms with E-state index in [1.807, 2.05) is 12.2 Å². The van der Waals surface area contributed by atoms with Gasteiger partial charge in [0.15, 0.2) is 5.13 Å². The number of aromatic nitrogens is 2. The van der Waals surface area contributed by atoms with E-state index in [1.165, 1.54) is 24.5 Å². The zero-order valence-corrected chi connectivity index (χ0v) is 32.2. The van der Waals surface area contributed by atoms with Crippen LogP contribution in [0, 0.1) is 5.92 Å². The molecule has 3 N–H and O–H groups in total. The molecule has 4 aliphatic rings. The first-order chi connectivity index (χ1) is 29.9. The normalized spacial score (nSPS) is 28.8. The summed E-state index contributed by atoms with van der Waals surface area (Å²) in [6.07, 6.45) is 9.17. The predicted octanol–water partition coefficient (Wildman–Crippen LogP) is 6.14. The molecule has 0 radical (unpaired) electrons. The summed E-state index contributed by atoms with van der Waals surface area (Å²) in [6.45, 7) is -6.56. The highest BCUT2D eigenvalue weighted by molar-refractivity contribution is 7.14. The Morgan fingerprint density at radius 2 is 1.88 bits per heavy atom. The molecule has 2 aliphatic heterocycles. The predicted molar refractivity (Wildman–Crippen MR) is 212 cm³/mol. The summed E-state index contributed by atoms with van der Waals surface area (Å²) >= 11 is 0.891. The standard InChI is InChI=1S/C41H52N6O8S/c1-24(2)42-39-44-33(23-56-39)32-20-35(29-17-16-27(52-3)18-31(29)43-32)54-28-19-34-36(48)46-41(38(50)53-4)21-25(41)12-8-6-5-7-9-15-30(37(49)47(34)22-28)45-40(51)55-26-13-10-11-14-26/h8,12,16-18,20,23-26,28,30,34H,5-7,9-11,13-15,19,21-22H2,1-4H3,(H,42,44)(H,45,51)(H,46,48)/b12-8-/t25-,28+,30-,34-,41+/m0/s1/i1D3,2D3,24D. The Kier molecular flexibility index (Phi) is 9.51. The lowest BCUT2D eigenvalue weighted by atomic mass is 10.0. The van der Waals surface area contributed by atoms with E-state index >= 15 is 0 Å². The molecule has 4 heterocycles. The summed E-state index contributed by atoms with van der Waals surface area (Å²) < 4.78 is 78.1. The first kappa shape index (κ1) is 31.2. The lowest BCUT2D eigenvalue weighted by Gasteiger charge is -2.29. The zero-order chi connectivity index (χ0) is 45.3. The quantitative estimate of drug-likeness (QED) is 0.168. The molecular weight excluding hydrogens is 737 g/mol. The fourth-order valence-electron chi connectivity index (χ4n) is 7.92. The number of hydrogen-bond donors (Lipinski definition) is 3. The van der Waals surface area contributed by atoms with Crippen molar-refractivity contribution in [1.29, 1.82) is 0 Å². The van der Waals surface area contributed by atoms with E-state index in [1.54, 1.807) is 24.3 Å². The monoisotopic (exact) mass is 795 g/mol. The Hall–Kier alpha value is -4.92. The second-order valence-corrected chi connectivity index (χ2v) is 15.6. The van der Waals surface area contributed by atoms with Crippen molar-refractivity contribution in [2.45, 2.75) is 120 Å². The number of methoxy groups -OCH3 is 2. The highest BCUT2D eigenvalue weighted by Crippen LogP contribution is 2.46. The van der Waals surface area contributed by atoms with Gasteiger partial charge in [0, 0.05) is 49.5 Å². The van der Waals surface area contributed by atoms with Gasteiger partial charge in [-0.05, 0) is 77.2 Å². The first-order valence-corrected chi connectivity index (χ1v) is 20.0. The Morgan fingerprint density at radius 1 is 1.05 bits per heavy atom. The number of thiazole rings is 1. The SMILES string of the molecule is [2H]C([2H])([2H])C([2H])(Nc1nc(-c2cc(O[C@@H]3C[C@H]4C(=O)N[C@]5(C(=O)OC)C[C@@H]5/C=C\CCCCC[C@H](NC(=O)OC5CCCC5)C(=O)N4C3)c3ccc(OC)cc3n2)cs1)C([2H])([2H])[2H]. The van der Waals surface area contributed by atoms with Crippen LogP contribution in [0.5, 0.6) is 11.5 Å². The maximum absolute atomic E-state index is 14.7. The summed E-state index contributed by atoms with van der Waals surface area (Å²) in [5.74, 6) is -1.21. The number of pyridine rings is 1. The first-order valence-electron chi connectivity index (χ1n) is 22.6. The molecule has 2 aromatic heterocycles. The van der Waals surface area contributed by atoms with Crippen molar-refractivity contribution in [1.82, 2.24) is 25.5 Å². The number of allylic oxidation sites excluding steroid dienone is 1. The van der Waals surface area contributed by atoms with Crippen LogP contribution in [0.25, 0.3) is 22.3 Å². The summed E-state index contributed by atoms with van der Waals surface area (Å²) in [7, 11) is 2.75. The fraction of sp³-hybridized carbons (Fsp3) is 0.561. The van der Waals surface area contributed by atoms with E-state index in [2.05, 4.69) is 20.9 Å². The number of nitrogens with zero attached hydrogens (tertiary/aromatic N) is 3. The number of alkyl carbamates (subject to hydrolysis) is 1. The summed E-state index contributed by atoms with van der Waals surface area (Å²) in [5, 5.41) is 9.97. The van der Waals surface area contributed by atoms with Crippen molar-refractivity contribution in [2.75, 3.05) is 26.1 Å². The van der Waals surface area contributed by atoms with Crippen LogP contribution >= 0.6 is 11.3 Å². The van der Waals surface area contributed by atoms with E-state index in [0.29, 0.717) is 35.9 Å². The number of fused-ring (bicyclic) bond motifs is 3. The number of ether oxygens (including phenoxy) is 4. The molecule has 0 spiro atoms. The third-order valence-electron chi connectivity index (χ3n) is 10.9. The van der Waals surface area contributed by atoms with Gasteiger partial charge in [-0.25, -0.2) is 19.6 Å². The van der Waals surface area contributed by atoms with Crippen LogP contribution in [0.2, 0.25) is 0 Å². The summed E-state index contributed by atoms with van der Waals surface area (Å²) in [6, 6.07) is 1.51. The largest absolute Gasteiger partial charge is 0.497 e. The summed E-state index contributed by atoms with van der Waals surface area (Å²) in [5.41, 5.74) is -0.442. The Labute approximate surface area is 340 Å². The molecule has 3 fully saturated rings. The maximum Gasteiger partial charge on any atom is 0.408 e. The van der Waals surface area contributed by atoms with Crippen LogP contribution in [-0.4, -0.2) is 95.4 Å². The van der Waals surface area contributed by atoms with Gasteiger partial charge in [-0.1, -0.05) is 25.0 Å². The van der Waals surface area contributed by atoms with E-state index in [-0.39, 0.29) is 47.3 Å². The van der Waals surface area contributed by atoms with E-state index < -0.39 is 67.3 Å². The number of carbonyl (C=O) groups excluding carboxylic acids is 4. The molecule has 3 aromatic rings. The molecule has 1 aromatic carbocycles. The third kappa shape index (κ3) is 8.72. The molecule has 2 saturated carbocycles. The Bertz CT molecular complexity index is 2220. The summed E-state index contributed by atoms with van der Waals surface area (Å²) in [4.78, 5) is 66.1. The number of carbonyl (C=O) groups is 4. The number of benzene rings is 1. The van der Waals surface area contributed by atoms with Crippen LogP contribution in [0.1, 0.15) is 93.9 Å². The van der Waals surface area contributed by atoms with E-state index in [9.17, 15) is 19.2 Å². The zero-order valence-electron chi connectivity index (χ0n) is 38.4. The number of esters is 1. The maximum atomic E-state index is 14.7. The van der Waals surface area contributed by atoms with Gasteiger partial charge in [0.2, 0.25) is 11.8 Å². The van der Waals surface area contributed by atoms with Crippen molar-refractivity contribution in [3.05, 3.63) is 41.8 Å². The second-order valence-electron chi connectivity index (χ2n) is 14.7. The molecule has 15 heteroatoms. The highest BCUT2D eigenvalue weighted by atomic mass is 32.1. The minimum absolute atomic E-state index is 0.00444. The number of nitrogens with one attached hydrogen (secondary N) is 3. The minimum Gasteiger partial charge on any atom is -0.497 e. The van der Waals surface area contributed by atoms with Crippen molar-refractivity contribution >= 4 is 51.2 Å². The molecule has 56 heavy (non-hydrogen) atoms. The van der Waals surface area contributed by atoms with Crippen molar-refractivity contribution in [3.63, 3.8) is 0 Å². The van der Waals surface area contributed by atoms with Gasteiger partial charge >= 0.3 is 12.1 Å². The van der Waals surface area contributed by atoms with Gasteiger partial charge in [-0.15, -0.1) is 11.3 Å². The molecule has 0 unspecified atom stereocenters. The van der Waals surface area contributed by atoms with Crippen molar-refractivity contribution in [2.24, 2.45) is 5.92 Å². The molecule has 3 amide bonds. The molecular formula is C41H52N6O8S. The van der Waals surface area contributed by atoms with Gasteiger partial charge in [-0.2, -0.15) is 0 Å². The van der Waals surface area contributed by atoms with Crippen LogP contribution in [0.3, 0.4) is 0 Å². The van der Waals surface area contributed by atoms with Gasteiger partial charge in [0.25, 0.3) is 0 Å². The average Bonchev–Trinajstić information content (AvgIpc) is 3.67. The fourth-order valence-corrected chi connectivity index (χ4v) is 8.63. The molecule has 2 aliphatic carbocycles. The lowest BCUT2D eigenvalue weighted by Crippen LogP contribution is -2.56. The van der Waals surface area contributed by atoms with Gasteiger partial charge in [0.1, 0.15) is 47.0 Å². The van der Waals surface area contributed by atoms with Crippen LogP contribution in [-0.2, 0) is 23.9 Å². The molecule has 300 valence electrons. The molecule has 7 rings (SSSR count).